The number of amides is 1. The lowest BCUT2D eigenvalue weighted by atomic mass is 10.3. The van der Waals surface area contributed by atoms with Gasteiger partial charge in [0.1, 0.15) is 5.15 Å². The minimum atomic E-state index is 0.0361. The van der Waals surface area contributed by atoms with E-state index >= 15 is 0 Å². The minimum Gasteiger partial charge on any atom is -0.359 e. The van der Waals surface area contributed by atoms with E-state index < -0.39 is 0 Å². The van der Waals surface area contributed by atoms with Gasteiger partial charge in [0, 0.05) is 26.6 Å². The van der Waals surface area contributed by atoms with Crippen LogP contribution in [-0.4, -0.2) is 41.4 Å². The molecule has 0 saturated heterocycles. The van der Waals surface area contributed by atoms with Crippen molar-refractivity contribution in [1.29, 1.82) is 0 Å². The molecule has 0 aliphatic rings. The Morgan fingerprint density at radius 2 is 2.25 bits per heavy atom. The first-order chi connectivity index (χ1) is 7.61. The van der Waals surface area contributed by atoms with E-state index in [9.17, 15) is 4.79 Å². The molecule has 0 aromatic carbocycles. The molecule has 0 fully saturated rings. The Hall–Kier alpha value is -1.20. The molecule has 5 nitrogen and oxygen atoms in total. The summed E-state index contributed by atoms with van der Waals surface area (Å²) in [6.07, 6.45) is 3.64. The second-order valence-corrected chi connectivity index (χ2v) is 3.88. The smallest absolute Gasteiger partial charge is 0.221 e. The molecule has 0 unspecified atom stereocenters. The summed E-state index contributed by atoms with van der Waals surface area (Å²) in [6, 6.07) is 0. The van der Waals surface area contributed by atoms with Gasteiger partial charge in [-0.25, -0.2) is 4.98 Å². The van der Waals surface area contributed by atoms with Crippen LogP contribution in [0.25, 0.3) is 0 Å². The first-order valence-corrected chi connectivity index (χ1v) is 5.35. The molecule has 1 heterocycles. The predicted molar refractivity (Wildman–Crippen MR) is 62.1 cm³/mol. The van der Waals surface area contributed by atoms with Crippen molar-refractivity contribution >= 4 is 17.5 Å². The van der Waals surface area contributed by atoms with Crippen LogP contribution in [0, 0.1) is 0 Å². The fourth-order valence-corrected chi connectivity index (χ4v) is 1.29. The Morgan fingerprint density at radius 1 is 1.50 bits per heavy atom. The van der Waals surface area contributed by atoms with Crippen LogP contribution in [0.4, 0.5) is 0 Å². The van der Waals surface area contributed by atoms with Gasteiger partial charge < -0.3 is 5.32 Å². The molecule has 0 atom stereocenters. The quantitative estimate of drug-likeness (QED) is 0.826. The first kappa shape index (κ1) is 12.9. The Bertz CT molecular complexity index is 341. The lowest BCUT2D eigenvalue weighted by Crippen LogP contribution is -2.26. The largest absolute Gasteiger partial charge is 0.359 e. The zero-order chi connectivity index (χ0) is 12.0. The highest BCUT2D eigenvalue weighted by molar-refractivity contribution is 6.29. The Kier molecular flexibility index (Phi) is 5.14. The van der Waals surface area contributed by atoms with Crippen LogP contribution in [-0.2, 0) is 11.3 Å². The van der Waals surface area contributed by atoms with E-state index in [2.05, 4.69) is 15.3 Å². The third-order valence-electron chi connectivity index (χ3n) is 2.11. The van der Waals surface area contributed by atoms with Gasteiger partial charge in [0.2, 0.25) is 5.91 Å². The molecule has 1 rings (SSSR count). The van der Waals surface area contributed by atoms with Crippen molar-refractivity contribution in [3.8, 4) is 0 Å². The standard InChI is InChI=1S/C10H15ClN4O/c1-12-10(16)3-4-15(2)7-8-5-14-9(11)6-13-8/h5-6H,3-4,7H2,1-2H3,(H,12,16). The summed E-state index contributed by atoms with van der Waals surface area (Å²) in [5.41, 5.74) is 0.837. The second-order valence-electron chi connectivity index (χ2n) is 3.49. The monoisotopic (exact) mass is 242 g/mol. The van der Waals surface area contributed by atoms with E-state index in [0.29, 0.717) is 24.7 Å². The van der Waals surface area contributed by atoms with E-state index in [1.165, 1.54) is 6.20 Å². The molecule has 1 aromatic heterocycles. The lowest BCUT2D eigenvalue weighted by molar-refractivity contribution is -0.120. The summed E-state index contributed by atoms with van der Waals surface area (Å²) in [5, 5.41) is 2.97. The third-order valence-corrected chi connectivity index (χ3v) is 2.30. The summed E-state index contributed by atoms with van der Waals surface area (Å²) in [4.78, 5) is 21.1. The number of rotatable bonds is 5. The van der Waals surface area contributed by atoms with Crippen LogP contribution in [0.15, 0.2) is 12.4 Å². The number of hydrogen-bond donors (Lipinski definition) is 1. The van der Waals surface area contributed by atoms with Crippen LogP contribution in [0.3, 0.4) is 0 Å². The Balaban J connectivity index is 2.36. The molecule has 0 aliphatic heterocycles. The molecule has 0 bridgehead atoms. The fraction of sp³-hybridized carbons (Fsp3) is 0.500. The van der Waals surface area contributed by atoms with Crippen molar-refractivity contribution in [3.05, 3.63) is 23.2 Å². The van der Waals surface area contributed by atoms with Gasteiger partial charge in [-0.15, -0.1) is 0 Å². The van der Waals surface area contributed by atoms with Gasteiger partial charge in [0.05, 0.1) is 18.1 Å². The average Bonchev–Trinajstić information content (AvgIpc) is 2.29. The molecular weight excluding hydrogens is 228 g/mol. The van der Waals surface area contributed by atoms with E-state index in [1.54, 1.807) is 13.2 Å². The lowest BCUT2D eigenvalue weighted by Gasteiger charge is -2.14. The molecule has 1 N–H and O–H groups in total. The van der Waals surface area contributed by atoms with Gasteiger partial charge in [0.25, 0.3) is 0 Å². The number of halogens is 1. The molecule has 88 valence electrons. The molecule has 0 radical (unpaired) electrons. The second kappa shape index (κ2) is 6.40. The van der Waals surface area contributed by atoms with Gasteiger partial charge in [-0.1, -0.05) is 11.6 Å². The number of carbonyl (C=O) groups is 1. The van der Waals surface area contributed by atoms with E-state index in [0.717, 1.165) is 5.69 Å². The first-order valence-electron chi connectivity index (χ1n) is 4.97. The topological polar surface area (TPSA) is 58.1 Å². The number of hydrogen-bond acceptors (Lipinski definition) is 4. The van der Waals surface area contributed by atoms with E-state index in [4.69, 9.17) is 11.6 Å². The van der Waals surface area contributed by atoms with Crippen molar-refractivity contribution in [2.45, 2.75) is 13.0 Å². The summed E-state index contributed by atoms with van der Waals surface area (Å²) >= 11 is 5.63. The molecular formula is C10H15ClN4O. The maximum atomic E-state index is 11.0. The number of aromatic nitrogens is 2. The van der Waals surface area contributed by atoms with Gasteiger partial charge >= 0.3 is 0 Å². The maximum Gasteiger partial charge on any atom is 0.221 e. The SMILES string of the molecule is CNC(=O)CCN(C)Cc1cnc(Cl)cn1. The van der Waals surface area contributed by atoms with Gasteiger partial charge in [0.15, 0.2) is 0 Å². The fourth-order valence-electron chi connectivity index (χ4n) is 1.19. The van der Waals surface area contributed by atoms with Gasteiger partial charge in [-0.05, 0) is 7.05 Å². The van der Waals surface area contributed by atoms with Crippen LogP contribution in [0.5, 0.6) is 0 Å². The molecule has 0 spiro atoms. The molecule has 1 amide bonds. The average molecular weight is 243 g/mol. The highest BCUT2D eigenvalue weighted by Gasteiger charge is 2.04. The zero-order valence-corrected chi connectivity index (χ0v) is 10.2. The summed E-state index contributed by atoms with van der Waals surface area (Å²) in [6.45, 7) is 1.34. The van der Waals surface area contributed by atoms with Crippen LogP contribution >= 0.6 is 11.6 Å². The van der Waals surface area contributed by atoms with E-state index in [-0.39, 0.29) is 5.91 Å². The highest BCUT2D eigenvalue weighted by atomic mass is 35.5. The minimum absolute atomic E-state index is 0.0361. The van der Waals surface area contributed by atoms with Crippen LogP contribution < -0.4 is 5.32 Å². The van der Waals surface area contributed by atoms with Crippen LogP contribution in [0.1, 0.15) is 12.1 Å². The number of nitrogens with one attached hydrogen (secondary N) is 1. The van der Waals surface area contributed by atoms with Gasteiger partial charge in [-0.2, -0.15) is 0 Å². The molecule has 0 aliphatic carbocycles. The van der Waals surface area contributed by atoms with Crippen molar-refractivity contribution in [3.63, 3.8) is 0 Å². The molecule has 0 saturated carbocycles. The number of carbonyl (C=O) groups excluding carboxylic acids is 1. The van der Waals surface area contributed by atoms with E-state index in [1.807, 2.05) is 11.9 Å². The molecule has 16 heavy (non-hydrogen) atoms. The number of nitrogens with zero attached hydrogens (tertiary/aromatic N) is 3. The van der Waals surface area contributed by atoms with Crippen LogP contribution in [0.2, 0.25) is 5.15 Å². The summed E-state index contributed by atoms with van der Waals surface area (Å²) in [7, 11) is 3.56. The molecule has 6 heteroatoms. The Morgan fingerprint density at radius 3 is 2.81 bits per heavy atom. The zero-order valence-electron chi connectivity index (χ0n) is 9.40. The third kappa shape index (κ3) is 4.55. The van der Waals surface area contributed by atoms with Gasteiger partial charge in [-0.3, -0.25) is 14.7 Å². The predicted octanol–water partition coefficient (Wildman–Crippen LogP) is 0.698. The Labute approximate surface area is 99.8 Å². The van der Waals surface area contributed by atoms with Crippen molar-refractivity contribution in [2.24, 2.45) is 0 Å². The maximum absolute atomic E-state index is 11.0. The highest BCUT2D eigenvalue weighted by Crippen LogP contribution is 2.03. The molecule has 1 aromatic rings. The van der Waals surface area contributed by atoms with Crippen molar-refractivity contribution in [2.75, 3.05) is 20.6 Å². The summed E-state index contributed by atoms with van der Waals surface area (Å²) in [5.74, 6) is 0.0361. The van der Waals surface area contributed by atoms with Crippen molar-refractivity contribution in [1.82, 2.24) is 20.2 Å². The van der Waals surface area contributed by atoms with Crippen molar-refractivity contribution < 1.29 is 4.79 Å². The normalized spacial score (nSPS) is 10.5. The summed E-state index contributed by atoms with van der Waals surface area (Å²) < 4.78 is 0.